The molecule has 2 aromatic carbocycles. The Hall–Kier alpha value is -2.70. The molecular formula is C25H25N3OS2. The number of aryl methyl sites for hydroxylation is 2. The molecule has 0 N–H and O–H groups in total. The Morgan fingerprint density at radius 3 is 2.71 bits per heavy atom. The summed E-state index contributed by atoms with van der Waals surface area (Å²) in [7, 11) is 0. The van der Waals surface area contributed by atoms with Gasteiger partial charge in [0, 0.05) is 28.1 Å². The molecular weight excluding hydrogens is 422 g/mol. The Balaban J connectivity index is 1.76. The summed E-state index contributed by atoms with van der Waals surface area (Å²) in [5.41, 5.74) is 4.93. The molecule has 4 aromatic rings. The molecule has 6 heteroatoms. The number of amides is 1. The molecule has 2 aromatic heterocycles. The topological polar surface area (TPSA) is 46.1 Å². The van der Waals surface area contributed by atoms with E-state index in [9.17, 15) is 4.79 Å². The SMILES string of the molecule is Cc1cc(C)c2sc(N(Cc3cccnc3)C(=O)c3cccc(SC(C)C)c3)nc2c1. The molecule has 0 saturated heterocycles. The van der Waals surface area contributed by atoms with E-state index in [1.165, 1.54) is 11.1 Å². The smallest absolute Gasteiger partial charge is 0.260 e. The number of fused-ring (bicyclic) bond motifs is 1. The number of aromatic nitrogens is 2. The van der Waals surface area contributed by atoms with Crippen LogP contribution in [0.15, 0.2) is 65.8 Å². The Kier molecular flexibility index (Phi) is 6.39. The number of carbonyl (C=O) groups is 1. The molecule has 0 spiro atoms. The first-order chi connectivity index (χ1) is 14.9. The van der Waals surface area contributed by atoms with Crippen molar-refractivity contribution in [3.05, 3.63) is 83.2 Å². The third kappa shape index (κ3) is 4.97. The zero-order chi connectivity index (χ0) is 22.0. The van der Waals surface area contributed by atoms with E-state index in [2.05, 4.69) is 50.9 Å². The third-order valence-electron chi connectivity index (χ3n) is 4.80. The number of benzene rings is 2. The van der Waals surface area contributed by atoms with Crippen LogP contribution in [0, 0.1) is 13.8 Å². The number of thioether (sulfide) groups is 1. The lowest BCUT2D eigenvalue weighted by atomic mass is 10.1. The highest BCUT2D eigenvalue weighted by atomic mass is 32.2. The van der Waals surface area contributed by atoms with Crippen LogP contribution < -0.4 is 4.90 Å². The van der Waals surface area contributed by atoms with Gasteiger partial charge in [0.25, 0.3) is 5.91 Å². The molecule has 158 valence electrons. The molecule has 0 aliphatic rings. The van der Waals surface area contributed by atoms with E-state index >= 15 is 0 Å². The minimum Gasteiger partial charge on any atom is -0.279 e. The summed E-state index contributed by atoms with van der Waals surface area (Å²) in [6.45, 7) is 8.89. The molecule has 0 aliphatic heterocycles. The van der Waals surface area contributed by atoms with E-state index in [1.54, 1.807) is 40.4 Å². The second kappa shape index (κ2) is 9.20. The Bertz CT molecular complexity index is 1220. The largest absolute Gasteiger partial charge is 0.279 e. The van der Waals surface area contributed by atoms with Crippen LogP contribution in [0.4, 0.5) is 5.13 Å². The van der Waals surface area contributed by atoms with Gasteiger partial charge in [0.2, 0.25) is 0 Å². The minimum absolute atomic E-state index is 0.0523. The summed E-state index contributed by atoms with van der Waals surface area (Å²) >= 11 is 3.32. The van der Waals surface area contributed by atoms with Crippen molar-refractivity contribution in [3.63, 3.8) is 0 Å². The molecule has 0 saturated carbocycles. The van der Waals surface area contributed by atoms with E-state index in [0.29, 0.717) is 22.5 Å². The molecule has 1 amide bonds. The fourth-order valence-electron chi connectivity index (χ4n) is 3.51. The number of thiazole rings is 1. The summed E-state index contributed by atoms with van der Waals surface area (Å²) < 4.78 is 1.12. The minimum atomic E-state index is -0.0523. The van der Waals surface area contributed by atoms with Gasteiger partial charge in [-0.25, -0.2) is 4.98 Å². The molecule has 0 bridgehead atoms. The van der Waals surface area contributed by atoms with Crippen molar-refractivity contribution in [2.45, 2.75) is 44.4 Å². The van der Waals surface area contributed by atoms with E-state index in [0.717, 1.165) is 20.7 Å². The molecule has 4 nitrogen and oxygen atoms in total. The van der Waals surface area contributed by atoms with E-state index < -0.39 is 0 Å². The summed E-state index contributed by atoms with van der Waals surface area (Å²) in [4.78, 5) is 25.6. The van der Waals surface area contributed by atoms with E-state index in [-0.39, 0.29) is 5.91 Å². The van der Waals surface area contributed by atoms with Gasteiger partial charge in [0.1, 0.15) is 0 Å². The van der Waals surface area contributed by atoms with Crippen molar-refractivity contribution in [3.8, 4) is 0 Å². The van der Waals surface area contributed by atoms with E-state index in [4.69, 9.17) is 4.98 Å². The lowest BCUT2D eigenvalue weighted by Crippen LogP contribution is -2.30. The van der Waals surface area contributed by atoms with Gasteiger partial charge in [-0.1, -0.05) is 43.4 Å². The van der Waals surface area contributed by atoms with Gasteiger partial charge >= 0.3 is 0 Å². The van der Waals surface area contributed by atoms with Crippen molar-refractivity contribution in [2.75, 3.05) is 4.90 Å². The fourth-order valence-corrected chi connectivity index (χ4v) is 5.42. The van der Waals surface area contributed by atoms with E-state index in [1.807, 2.05) is 30.3 Å². The van der Waals surface area contributed by atoms with Crippen LogP contribution in [-0.2, 0) is 6.54 Å². The van der Waals surface area contributed by atoms with Crippen molar-refractivity contribution in [1.82, 2.24) is 9.97 Å². The first-order valence-electron chi connectivity index (χ1n) is 10.3. The molecule has 2 heterocycles. The molecule has 0 aliphatic carbocycles. The van der Waals surface area contributed by atoms with Gasteiger partial charge in [-0.15, -0.1) is 11.8 Å². The van der Waals surface area contributed by atoms with Gasteiger partial charge in [-0.05, 0) is 60.9 Å². The number of carbonyl (C=O) groups excluding carboxylic acids is 1. The maximum absolute atomic E-state index is 13.7. The van der Waals surface area contributed by atoms with Crippen LogP contribution in [0.1, 0.15) is 40.9 Å². The third-order valence-corrected chi connectivity index (χ3v) is 7.03. The van der Waals surface area contributed by atoms with Gasteiger partial charge < -0.3 is 0 Å². The van der Waals surface area contributed by atoms with Gasteiger partial charge in [-0.2, -0.15) is 0 Å². The van der Waals surface area contributed by atoms with Crippen molar-refractivity contribution < 1.29 is 4.79 Å². The average molecular weight is 448 g/mol. The Morgan fingerprint density at radius 2 is 1.97 bits per heavy atom. The second-order valence-corrected chi connectivity index (χ2v) is 10.5. The monoisotopic (exact) mass is 447 g/mol. The van der Waals surface area contributed by atoms with Gasteiger partial charge in [-0.3, -0.25) is 14.7 Å². The number of hydrogen-bond donors (Lipinski definition) is 0. The van der Waals surface area contributed by atoms with Crippen molar-refractivity contribution >= 4 is 44.4 Å². The number of pyridine rings is 1. The molecule has 0 unspecified atom stereocenters. The zero-order valence-corrected chi connectivity index (χ0v) is 19.8. The Morgan fingerprint density at radius 1 is 1.13 bits per heavy atom. The molecule has 0 radical (unpaired) electrons. The lowest BCUT2D eigenvalue weighted by Gasteiger charge is -2.20. The van der Waals surface area contributed by atoms with Crippen LogP contribution in [0.2, 0.25) is 0 Å². The number of nitrogens with zero attached hydrogens (tertiary/aromatic N) is 3. The highest BCUT2D eigenvalue weighted by molar-refractivity contribution is 7.99. The van der Waals surface area contributed by atoms with Gasteiger partial charge in [0.15, 0.2) is 5.13 Å². The number of anilines is 1. The molecule has 0 fully saturated rings. The van der Waals surface area contributed by atoms with Crippen molar-refractivity contribution in [1.29, 1.82) is 0 Å². The van der Waals surface area contributed by atoms with Crippen LogP contribution >= 0.6 is 23.1 Å². The van der Waals surface area contributed by atoms with Gasteiger partial charge in [0.05, 0.1) is 16.8 Å². The first kappa shape index (κ1) is 21.5. The normalized spacial score (nSPS) is 11.3. The molecule has 31 heavy (non-hydrogen) atoms. The van der Waals surface area contributed by atoms with Crippen LogP contribution in [0.25, 0.3) is 10.2 Å². The van der Waals surface area contributed by atoms with Crippen LogP contribution in [0.3, 0.4) is 0 Å². The molecule has 0 atom stereocenters. The van der Waals surface area contributed by atoms with Crippen molar-refractivity contribution in [2.24, 2.45) is 0 Å². The Labute approximate surface area is 191 Å². The maximum Gasteiger partial charge on any atom is 0.260 e. The number of hydrogen-bond acceptors (Lipinski definition) is 5. The summed E-state index contributed by atoms with van der Waals surface area (Å²) in [5.74, 6) is -0.0523. The highest BCUT2D eigenvalue weighted by Crippen LogP contribution is 2.34. The summed E-state index contributed by atoms with van der Waals surface area (Å²) in [6, 6.07) is 16.0. The quantitative estimate of drug-likeness (QED) is 0.310. The lowest BCUT2D eigenvalue weighted by molar-refractivity contribution is 0.0985. The zero-order valence-electron chi connectivity index (χ0n) is 18.1. The van der Waals surface area contributed by atoms with Crippen LogP contribution in [0.5, 0.6) is 0 Å². The summed E-state index contributed by atoms with van der Waals surface area (Å²) in [6.07, 6.45) is 3.54. The fraction of sp³-hybridized carbons (Fsp3) is 0.240. The highest BCUT2D eigenvalue weighted by Gasteiger charge is 2.23. The average Bonchev–Trinajstić information content (AvgIpc) is 3.16. The predicted octanol–water partition coefficient (Wildman–Crippen LogP) is 6.66. The second-order valence-electron chi connectivity index (χ2n) is 7.87. The first-order valence-corrected chi connectivity index (χ1v) is 12.0. The standard InChI is InChI=1S/C25H25N3OS2/c1-16(2)30-21-9-5-8-20(13-21)24(29)28(15-19-7-6-10-26-14-19)25-27-22-12-17(3)11-18(4)23(22)31-25/h5-14,16H,15H2,1-4H3. The summed E-state index contributed by atoms with van der Waals surface area (Å²) in [5, 5.41) is 1.16. The maximum atomic E-state index is 13.7. The number of rotatable bonds is 6. The predicted molar refractivity (Wildman–Crippen MR) is 131 cm³/mol. The van der Waals surface area contributed by atoms with Crippen LogP contribution in [-0.4, -0.2) is 21.1 Å². The molecule has 4 rings (SSSR count).